The third-order valence-electron chi connectivity index (χ3n) is 3.74. The standard InChI is InChI=1S/C17H15N7OS/c1-23-17(20-21-22-23)26-11-15(25)18-13-8-5-9-24-10-14(19-16(13)24)12-6-3-2-4-7-12/h2-10H,11H2,1H3,(H,18,25). The summed E-state index contributed by atoms with van der Waals surface area (Å²) in [6.07, 6.45) is 3.85. The topological polar surface area (TPSA) is 90.0 Å². The predicted molar refractivity (Wildman–Crippen MR) is 98.8 cm³/mol. The fourth-order valence-corrected chi connectivity index (χ4v) is 3.17. The molecule has 4 rings (SSSR count). The Balaban J connectivity index is 1.54. The first-order valence-electron chi connectivity index (χ1n) is 7.89. The predicted octanol–water partition coefficient (Wildman–Crippen LogP) is 2.26. The zero-order valence-corrected chi connectivity index (χ0v) is 14.7. The van der Waals surface area contributed by atoms with Gasteiger partial charge in [0.1, 0.15) is 0 Å². The molecule has 3 heterocycles. The summed E-state index contributed by atoms with van der Waals surface area (Å²) in [5.74, 6) is 0.0667. The largest absolute Gasteiger partial charge is 0.322 e. The molecule has 3 aromatic heterocycles. The number of carbonyl (C=O) groups is 1. The number of amides is 1. The number of aryl methyl sites for hydroxylation is 1. The minimum Gasteiger partial charge on any atom is -0.322 e. The molecule has 130 valence electrons. The van der Waals surface area contributed by atoms with Gasteiger partial charge in [-0.15, -0.1) is 5.10 Å². The lowest BCUT2D eigenvalue weighted by molar-refractivity contribution is -0.113. The Morgan fingerprint density at radius 1 is 1.19 bits per heavy atom. The third kappa shape index (κ3) is 3.29. The summed E-state index contributed by atoms with van der Waals surface area (Å²) in [5.41, 5.74) is 3.24. The Labute approximate surface area is 153 Å². The number of hydrogen-bond acceptors (Lipinski definition) is 6. The van der Waals surface area contributed by atoms with Crippen molar-refractivity contribution in [1.29, 1.82) is 0 Å². The Morgan fingerprint density at radius 2 is 2.04 bits per heavy atom. The smallest absolute Gasteiger partial charge is 0.234 e. The van der Waals surface area contributed by atoms with Crippen LogP contribution in [-0.4, -0.2) is 41.3 Å². The van der Waals surface area contributed by atoms with Crippen LogP contribution in [0, 0.1) is 0 Å². The van der Waals surface area contributed by atoms with E-state index < -0.39 is 0 Å². The minimum absolute atomic E-state index is 0.143. The van der Waals surface area contributed by atoms with Gasteiger partial charge < -0.3 is 9.72 Å². The van der Waals surface area contributed by atoms with Crippen LogP contribution in [0.4, 0.5) is 5.69 Å². The molecule has 0 atom stereocenters. The average molecular weight is 365 g/mol. The molecule has 1 aromatic carbocycles. The van der Waals surface area contributed by atoms with E-state index in [9.17, 15) is 4.79 Å². The van der Waals surface area contributed by atoms with Crippen LogP contribution < -0.4 is 5.32 Å². The van der Waals surface area contributed by atoms with Gasteiger partial charge >= 0.3 is 0 Å². The van der Waals surface area contributed by atoms with Gasteiger partial charge in [0, 0.05) is 25.0 Å². The zero-order chi connectivity index (χ0) is 17.9. The Bertz CT molecular complexity index is 1060. The fourth-order valence-electron chi connectivity index (χ4n) is 2.52. The molecule has 0 spiro atoms. The van der Waals surface area contributed by atoms with E-state index in [1.165, 1.54) is 16.4 Å². The maximum Gasteiger partial charge on any atom is 0.234 e. The van der Waals surface area contributed by atoms with Gasteiger partial charge in [0.05, 0.1) is 17.1 Å². The summed E-state index contributed by atoms with van der Waals surface area (Å²) in [6.45, 7) is 0. The zero-order valence-electron chi connectivity index (χ0n) is 13.9. The highest BCUT2D eigenvalue weighted by atomic mass is 32.2. The number of thioether (sulfide) groups is 1. The molecule has 0 aliphatic rings. The van der Waals surface area contributed by atoms with Gasteiger partial charge in [-0.3, -0.25) is 4.79 Å². The molecule has 0 saturated heterocycles. The van der Waals surface area contributed by atoms with Gasteiger partial charge in [-0.2, -0.15) is 0 Å². The normalized spacial score (nSPS) is 11.0. The summed E-state index contributed by atoms with van der Waals surface area (Å²) in [5, 5.41) is 14.6. The number of pyridine rings is 1. The first-order valence-corrected chi connectivity index (χ1v) is 8.87. The molecule has 0 radical (unpaired) electrons. The second-order valence-corrected chi connectivity index (χ2v) is 6.51. The first kappa shape index (κ1) is 16.3. The lowest BCUT2D eigenvalue weighted by Gasteiger charge is -2.05. The number of nitrogens with one attached hydrogen (secondary N) is 1. The molecule has 0 aliphatic heterocycles. The highest BCUT2D eigenvalue weighted by Crippen LogP contribution is 2.23. The molecule has 1 amide bonds. The van der Waals surface area contributed by atoms with Crippen LogP contribution in [0.1, 0.15) is 0 Å². The quantitative estimate of drug-likeness (QED) is 0.546. The van der Waals surface area contributed by atoms with E-state index in [1.54, 1.807) is 7.05 Å². The van der Waals surface area contributed by atoms with E-state index in [0.29, 0.717) is 16.5 Å². The van der Waals surface area contributed by atoms with Crippen molar-refractivity contribution in [3.63, 3.8) is 0 Å². The molecule has 0 saturated carbocycles. The van der Waals surface area contributed by atoms with Crippen molar-refractivity contribution in [3.05, 3.63) is 54.9 Å². The number of rotatable bonds is 5. The van der Waals surface area contributed by atoms with Crippen molar-refractivity contribution in [2.24, 2.45) is 7.05 Å². The molecule has 4 aromatic rings. The molecule has 1 N–H and O–H groups in total. The average Bonchev–Trinajstić information content (AvgIpc) is 3.27. The maximum absolute atomic E-state index is 12.3. The lowest BCUT2D eigenvalue weighted by atomic mass is 10.2. The van der Waals surface area contributed by atoms with E-state index in [1.807, 2.05) is 59.3 Å². The number of benzene rings is 1. The molecular formula is C17H15N7OS. The van der Waals surface area contributed by atoms with Crippen molar-refractivity contribution in [2.75, 3.05) is 11.1 Å². The van der Waals surface area contributed by atoms with Gasteiger partial charge in [0.2, 0.25) is 11.1 Å². The number of carbonyl (C=O) groups excluding carboxylic acids is 1. The van der Waals surface area contributed by atoms with E-state index in [0.717, 1.165) is 11.3 Å². The van der Waals surface area contributed by atoms with Gasteiger partial charge in [-0.05, 0) is 22.6 Å². The van der Waals surface area contributed by atoms with Crippen LogP contribution in [0.15, 0.2) is 60.0 Å². The number of imidazole rings is 1. The van der Waals surface area contributed by atoms with Crippen molar-refractivity contribution < 1.29 is 4.79 Å². The fraction of sp³-hybridized carbons (Fsp3) is 0.118. The second-order valence-electron chi connectivity index (χ2n) is 5.57. The second kappa shape index (κ2) is 6.96. The Hall–Kier alpha value is -3.20. The summed E-state index contributed by atoms with van der Waals surface area (Å²) < 4.78 is 3.43. The van der Waals surface area contributed by atoms with Crippen LogP contribution in [0.3, 0.4) is 0 Å². The summed E-state index contributed by atoms with van der Waals surface area (Å²) in [4.78, 5) is 17.0. The number of anilines is 1. The molecule has 0 fully saturated rings. The van der Waals surface area contributed by atoms with Gasteiger partial charge in [0.25, 0.3) is 0 Å². The van der Waals surface area contributed by atoms with E-state index in [2.05, 4.69) is 25.8 Å². The van der Waals surface area contributed by atoms with Gasteiger partial charge in [0.15, 0.2) is 5.65 Å². The molecule has 0 aliphatic carbocycles. The van der Waals surface area contributed by atoms with Crippen LogP contribution >= 0.6 is 11.8 Å². The molecule has 9 heteroatoms. The first-order chi connectivity index (χ1) is 12.7. The molecule has 0 bridgehead atoms. The third-order valence-corrected chi connectivity index (χ3v) is 4.75. The van der Waals surface area contributed by atoms with Crippen molar-refractivity contribution in [2.45, 2.75) is 5.16 Å². The monoisotopic (exact) mass is 365 g/mol. The van der Waals surface area contributed by atoms with Crippen LogP contribution in [0.2, 0.25) is 0 Å². The van der Waals surface area contributed by atoms with Gasteiger partial charge in [-0.1, -0.05) is 42.1 Å². The van der Waals surface area contributed by atoms with Crippen LogP contribution in [0.5, 0.6) is 0 Å². The highest BCUT2D eigenvalue weighted by molar-refractivity contribution is 7.99. The lowest BCUT2D eigenvalue weighted by Crippen LogP contribution is -2.15. The summed E-state index contributed by atoms with van der Waals surface area (Å²) in [7, 11) is 1.73. The molecule has 26 heavy (non-hydrogen) atoms. The SMILES string of the molecule is Cn1nnnc1SCC(=O)Nc1cccn2cc(-c3ccccc3)nc12. The number of nitrogens with zero attached hydrogens (tertiary/aromatic N) is 6. The van der Waals surface area contributed by atoms with Crippen LogP contribution in [0.25, 0.3) is 16.9 Å². The molecular weight excluding hydrogens is 350 g/mol. The summed E-state index contributed by atoms with van der Waals surface area (Å²) in [6, 6.07) is 13.6. The summed E-state index contributed by atoms with van der Waals surface area (Å²) >= 11 is 1.28. The Kier molecular flexibility index (Phi) is 4.36. The van der Waals surface area contributed by atoms with Crippen molar-refractivity contribution >= 4 is 29.0 Å². The Morgan fingerprint density at radius 3 is 2.81 bits per heavy atom. The minimum atomic E-state index is -0.143. The van der Waals surface area contributed by atoms with E-state index in [-0.39, 0.29) is 11.7 Å². The number of fused-ring (bicyclic) bond motifs is 1. The van der Waals surface area contributed by atoms with Gasteiger partial charge in [-0.25, -0.2) is 9.67 Å². The number of aromatic nitrogens is 6. The number of hydrogen-bond donors (Lipinski definition) is 1. The van der Waals surface area contributed by atoms with Crippen molar-refractivity contribution in [3.8, 4) is 11.3 Å². The molecule has 8 nitrogen and oxygen atoms in total. The van der Waals surface area contributed by atoms with E-state index >= 15 is 0 Å². The maximum atomic E-state index is 12.3. The molecule has 0 unspecified atom stereocenters. The van der Waals surface area contributed by atoms with E-state index in [4.69, 9.17) is 0 Å². The number of tetrazole rings is 1. The van der Waals surface area contributed by atoms with Crippen molar-refractivity contribution in [1.82, 2.24) is 29.6 Å². The van der Waals surface area contributed by atoms with Crippen LogP contribution in [-0.2, 0) is 11.8 Å². The highest BCUT2D eigenvalue weighted by Gasteiger charge is 2.12.